The van der Waals surface area contributed by atoms with Crippen molar-refractivity contribution < 1.29 is 22.8 Å². The monoisotopic (exact) mass is 486 g/mol. The first-order valence-corrected chi connectivity index (χ1v) is 13.1. The zero-order chi connectivity index (χ0) is 24.3. The number of fused-ring (bicyclic) bond motifs is 3. The van der Waals surface area contributed by atoms with Gasteiger partial charge in [0.05, 0.1) is 15.7 Å². The van der Waals surface area contributed by atoms with Crippen LogP contribution in [0.25, 0.3) is 0 Å². The van der Waals surface area contributed by atoms with Gasteiger partial charge in [0.15, 0.2) is 5.78 Å². The second-order valence-electron chi connectivity index (χ2n) is 9.22. The lowest BCUT2D eigenvalue weighted by molar-refractivity contribution is -0.118. The molecule has 3 heterocycles. The molecule has 0 radical (unpaired) electrons. The highest BCUT2D eigenvalue weighted by molar-refractivity contribution is 7.91. The van der Waals surface area contributed by atoms with Crippen LogP contribution in [0.3, 0.4) is 0 Å². The number of ketones is 1. The Labute approximate surface area is 202 Å². The molecule has 6 rings (SSSR count). The van der Waals surface area contributed by atoms with Gasteiger partial charge in [0.25, 0.3) is 5.91 Å². The fraction of sp³-hybridized carbons (Fsp3) is 0.222. The SMILES string of the molecule is O=C1c2ccccc2S(=O)(=O)c2cc(C(=O)N3CCC(C4C(=O)Nc5ccccc54)CC3)ccc21. The van der Waals surface area contributed by atoms with Gasteiger partial charge >= 0.3 is 0 Å². The van der Waals surface area contributed by atoms with Crippen molar-refractivity contribution in [3.05, 3.63) is 89.0 Å². The van der Waals surface area contributed by atoms with E-state index in [-0.39, 0.29) is 55.9 Å². The van der Waals surface area contributed by atoms with Gasteiger partial charge in [-0.05, 0) is 60.7 Å². The largest absolute Gasteiger partial charge is 0.339 e. The quantitative estimate of drug-likeness (QED) is 0.466. The molecule has 3 aliphatic rings. The third-order valence-electron chi connectivity index (χ3n) is 7.32. The highest BCUT2D eigenvalue weighted by Gasteiger charge is 2.39. The maximum absolute atomic E-state index is 13.3. The third-order valence-corrected chi connectivity index (χ3v) is 9.17. The van der Waals surface area contributed by atoms with Crippen LogP contribution in [0.2, 0.25) is 0 Å². The predicted molar refractivity (Wildman–Crippen MR) is 128 cm³/mol. The van der Waals surface area contributed by atoms with E-state index in [1.807, 2.05) is 24.3 Å². The number of carbonyl (C=O) groups excluding carboxylic acids is 3. The molecule has 3 aliphatic heterocycles. The number of piperidine rings is 1. The second kappa shape index (κ2) is 7.88. The Morgan fingerprint density at radius 1 is 0.857 bits per heavy atom. The molecule has 176 valence electrons. The van der Waals surface area contributed by atoms with Crippen molar-refractivity contribution in [3.8, 4) is 0 Å². The van der Waals surface area contributed by atoms with Gasteiger partial charge in [-0.25, -0.2) is 8.42 Å². The molecule has 3 aromatic rings. The van der Waals surface area contributed by atoms with Gasteiger partial charge in [-0.3, -0.25) is 14.4 Å². The number of rotatable bonds is 2. The summed E-state index contributed by atoms with van der Waals surface area (Å²) in [6, 6.07) is 18.1. The fourth-order valence-electron chi connectivity index (χ4n) is 5.54. The Balaban J connectivity index is 1.23. The Bertz CT molecular complexity index is 1520. The number of nitrogens with one attached hydrogen (secondary N) is 1. The normalized spacial score (nSPS) is 20.6. The number of para-hydroxylation sites is 1. The van der Waals surface area contributed by atoms with Crippen molar-refractivity contribution in [2.75, 3.05) is 18.4 Å². The van der Waals surface area contributed by atoms with E-state index in [1.54, 1.807) is 17.0 Å². The lowest BCUT2D eigenvalue weighted by atomic mass is 9.80. The van der Waals surface area contributed by atoms with Crippen LogP contribution in [0.15, 0.2) is 76.5 Å². The number of amides is 2. The predicted octanol–water partition coefficient (Wildman–Crippen LogP) is 3.65. The van der Waals surface area contributed by atoms with Crippen LogP contribution in [0.4, 0.5) is 5.69 Å². The van der Waals surface area contributed by atoms with Crippen LogP contribution >= 0.6 is 0 Å². The summed E-state index contributed by atoms with van der Waals surface area (Å²) in [5, 5.41) is 2.95. The van der Waals surface area contributed by atoms with Crippen LogP contribution in [-0.2, 0) is 14.6 Å². The molecule has 1 fully saturated rings. The first-order chi connectivity index (χ1) is 16.9. The Morgan fingerprint density at radius 3 is 2.34 bits per heavy atom. The van der Waals surface area contributed by atoms with Crippen molar-refractivity contribution in [2.45, 2.75) is 28.6 Å². The van der Waals surface area contributed by atoms with E-state index in [9.17, 15) is 22.8 Å². The molecule has 7 nitrogen and oxygen atoms in total. The average Bonchev–Trinajstić information content (AvgIpc) is 3.22. The minimum absolute atomic E-state index is 0.000758. The van der Waals surface area contributed by atoms with E-state index in [0.29, 0.717) is 25.9 Å². The molecule has 2 amide bonds. The number of benzene rings is 3. The molecule has 0 spiro atoms. The third kappa shape index (κ3) is 3.31. The summed E-state index contributed by atoms with van der Waals surface area (Å²) in [6.07, 6.45) is 1.35. The Hall–Kier alpha value is -3.78. The Morgan fingerprint density at radius 2 is 1.54 bits per heavy atom. The van der Waals surface area contributed by atoms with E-state index in [2.05, 4.69) is 5.32 Å². The molecule has 8 heteroatoms. The van der Waals surface area contributed by atoms with Crippen LogP contribution in [-0.4, -0.2) is 44.0 Å². The minimum Gasteiger partial charge on any atom is -0.339 e. The van der Waals surface area contributed by atoms with Gasteiger partial charge in [0.1, 0.15) is 0 Å². The van der Waals surface area contributed by atoms with Crippen LogP contribution < -0.4 is 5.32 Å². The molecule has 1 unspecified atom stereocenters. The van der Waals surface area contributed by atoms with Crippen LogP contribution in [0, 0.1) is 5.92 Å². The van der Waals surface area contributed by atoms with Crippen molar-refractivity contribution in [3.63, 3.8) is 0 Å². The van der Waals surface area contributed by atoms with Crippen molar-refractivity contribution in [1.29, 1.82) is 0 Å². The smallest absolute Gasteiger partial charge is 0.253 e. The van der Waals surface area contributed by atoms with Crippen LogP contribution in [0.5, 0.6) is 0 Å². The van der Waals surface area contributed by atoms with E-state index in [0.717, 1.165) is 11.3 Å². The topological polar surface area (TPSA) is 101 Å². The molecular formula is C27H22N2O5S. The van der Waals surface area contributed by atoms with E-state index in [1.165, 1.54) is 30.3 Å². The summed E-state index contributed by atoms with van der Waals surface area (Å²) in [7, 11) is -3.91. The molecule has 1 saturated heterocycles. The van der Waals surface area contributed by atoms with E-state index >= 15 is 0 Å². The van der Waals surface area contributed by atoms with Crippen molar-refractivity contribution in [2.24, 2.45) is 5.92 Å². The van der Waals surface area contributed by atoms with Crippen molar-refractivity contribution in [1.82, 2.24) is 4.90 Å². The summed E-state index contributed by atoms with van der Waals surface area (Å²) in [5.74, 6) is -0.727. The highest BCUT2D eigenvalue weighted by Crippen LogP contribution is 2.41. The summed E-state index contributed by atoms with van der Waals surface area (Å²) < 4.78 is 26.4. The van der Waals surface area contributed by atoms with Crippen molar-refractivity contribution >= 4 is 33.1 Å². The first-order valence-electron chi connectivity index (χ1n) is 11.6. The highest BCUT2D eigenvalue weighted by atomic mass is 32.2. The van der Waals surface area contributed by atoms with Gasteiger partial charge < -0.3 is 10.2 Å². The lowest BCUT2D eigenvalue weighted by Crippen LogP contribution is -2.40. The van der Waals surface area contributed by atoms with Gasteiger partial charge in [-0.1, -0.05) is 30.3 Å². The molecule has 35 heavy (non-hydrogen) atoms. The van der Waals surface area contributed by atoms with E-state index < -0.39 is 9.84 Å². The standard InChI is InChI=1S/C27H22N2O5S/c30-25-19-6-2-4-8-22(19)35(33,34)23-15-17(9-10-20(23)25)27(32)29-13-11-16(12-14-29)24-18-5-1-3-7-21(18)28-26(24)31/h1-10,15-16,24H,11-14H2,(H,28,31). The number of hydrogen-bond donors (Lipinski definition) is 1. The minimum atomic E-state index is -3.91. The van der Waals surface area contributed by atoms with Gasteiger partial charge in [0, 0.05) is 35.5 Å². The molecule has 0 bridgehead atoms. The number of nitrogens with zero attached hydrogens (tertiary/aromatic N) is 1. The number of anilines is 1. The number of carbonyl (C=O) groups is 3. The molecule has 0 aromatic heterocycles. The van der Waals surface area contributed by atoms with E-state index in [4.69, 9.17) is 0 Å². The maximum atomic E-state index is 13.3. The fourth-order valence-corrected chi connectivity index (χ4v) is 7.21. The molecule has 0 aliphatic carbocycles. The lowest BCUT2D eigenvalue weighted by Gasteiger charge is -2.34. The van der Waals surface area contributed by atoms with Gasteiger partial charge in [-0.2, -0.15) is 0 Å². The summed E-state index contributed by atoms with van der Waals surface area (Å²) in [5.41, 5.74) is 2.34. The maximum Gasteiger partial charge on any atom is 0.253 e. The zero-order valence-corrected chi connectivity index (χ0v) is 19.5. The summed E-state index contributed by atoms with van der Waals surface area (Å²) in [4.78, 5) is 40.3. The molecule has 1 atom stereocenters. The average molecular weight is 487 g/mol. The molecule has 1 N–H and O–H groups in total. The summed E-state index contributed by atoms with van der Waals surface area (Å²) >= 11 is 0. The zero-order valence-electron chi connectivity index (χ0n) is 18.7. The number of likely N-dealkylation sites (tertiary alicyclic amines) is 1. The molecule has 3 aromatic carbocycles. The first kappa shape index (κ1) is 21.7. The number of sulfone groups is 1. The van der Waals surface area contributed by atoms with Gasteiger partial charge in [-0.15, -0.1) is 0 Å². The van der Waals surface area contributed by atoms with Crippen LogP contribution in [0.1, 0.15) is 50.6 Å². The molecular weight excluding hydrogens is 464 g/mol. The molecule has 0 saturated carbocycles. The second-order valence-corrected chi connectivity index (χ2v) is 11.1. The van der Waals surface area contributed by atoms with Gasteiger partial charge in [0.2, 0.25) is 15.7 Å². The number of hydrogen-bond acceptors (Lipinski definition) is 5. The summed E-state index contributed by atoms with van der Waals surface area (Å²) in [6.45, 7) is 0.947. The Kier molecular flexibility index (Phi) is 4.89.